The van der Waals surface area contributed by atoms with E-state index in [1.807, 2.05) is 0 Å². The van der Waals surface area contributed by atoms with Crippen LogP contribution < -0.4 is 0 Å². The molecule has 0 amide bonds. The number of cyclic esters (lactones) is 1. The molecule has 0 radical (unpaired) electrons. The maximum atomic E-state index is 13.8. The first kappa shape index (κ1) is 32.3. The first-order chi connectivity index (χ1) is 15.6. The molecular formula is C16H13F17O3. The monoisotopic (exact) mass is 576 g/mol. The molecule has 0 aromatic heterocycles. The fourth-order valence-corrected chi connectivity index (χ4v) is 2.77. The van der Waals surface area contributed by atoms with Gasteiger partial charge in [-0.25, -0.2) is 4.79 Å². The summed E-state index contributed by atoms with van der Waals surface area (Å²) in [4.78, 5) is 11.2. The highest BCUT2D eigenvalue weighted by Gasteiger charge is 2.96. The quantitative estimate of drug-likeness (QED) is 0.275. The molecule has 0 aromatic carbocycles. The zero-order chi connectivity index (χ0) is 29.0. The van der Waals surface area contributed by atoms with E-state index in [0.717, 1.165) is 0 Å². The summed E-state index contributed by atoms with van der Waals surface area (Å²) < 4.78 is 237. The van der Waals surface area contributed by atoms with Gasteiger partial charge in [0.25, 0.3) is 0 Å². The first-order valence-electron chi connectivity index (χ1n) is 9.24. The molecule has 3 nitrogen and oxygen atoms in total. The predicted octanol–water partition coefficient (Wildman–Crippen LogP) is 6.23. The molecular weight excluding hydrogens is 563 g/mol. The van der Waals surface area contributed by atoms with E-state index in [2.05, 4.69) is 4.74 Å². The third-order valence-electron chi connectivity index (χ3n) is 5.13. The van der Waals surface area contributed by atoms with E-state index in [0.29, 0.717) is 0 Å². The lowest BCUT2D eigenvalue weighted by atomic mass is 9.85. The van der Waals surface area contributed by atoms with Crippen LogP contribution in [-0.4, -0.2) is 70.9 Å². The van der Waals surface area contributed by atoms with Gasteiger partial charge >= 0.3 is 59.2 Å². The number of ether oxygens (including phenoxy) is 1. The number of esters is 1. The predicted molar refractivity (Wildman–Crippen MR) is 79.7 cm³/mol. The van der Waals surface area contributed by atoms with E-state index in [-0.39, 0.29) is 0 Å². The van der Waals surface area contributed by atoms with Gasteiger partial charge in [-0.2, -0.15) is 74.6 Å². The number of carbonyl (C=O) groups excluding carboxylic acids is 1. The Balaban J connectivity index is 3.90. The van der Waals surface area contributed by atoms with Crippen LogP contribution in [0, 0.1) is 0 Å². The number of carbonyl (C=O) groups is 1. The van der Waals surface area contributed by atoms with Crippen LogP contribution in [0.15, 0.2) is 0 Å². The molecule has 0 saturated carbocycles. The molecule has 0 aromatic rings. The summed E-state index contributed by atoms with van der Waals surface area (Å²) in [6.07, 6.45) is -5.81. The second-order valence-corrected chi connectivity index (χ2v) is 7.65. The van der Waals surface area contributed by atoms with Gasteiger partial charge in [-0.3, -0.25) is 0 Å². The lowest BCUT2D eigenvalue weighted by Gasteiger charge is -2.44. The molecule has 1 atom stereocenters. The van der Waals surface area contributed by atoms with Gasteiger partial charge in [0.15, 0.2) is 0 Å². The molecule has 0 bridgehead atoms. The summed E-state index contributed by atoms with van der Waals surface area (Å²) >= 11 is 0. The molecule has 0 spiro atoms. The molecule has 0 aliphatic carbocycles. The van der Waals surface area contributed by atoms with Crippen LogP contribution in [0.1, 0.15) is 32.1 Å². The minimum Gasteiger partial charge on any atom is -0.461 e. The minimum atomic E-state index is -8.79. The van der Waals surface area contributed by atoms with Gasteiger partial charge in [-0.05, 0) is 12.8 Å². The van der Waals surface area contributed by atoms with Crippen molar-refractivity contribution in [2.45, 2.75) is 85.3 Å². The van der Waals surface area contributed by atoms with E-state index in [4.69, 9.17) is 5.11 Å². The molecule has 1 fully saturated rings. The van der Waals surface area contributed by atoms with Gasteiger partial charge < -0.3 is 9.84 Å². The Morgan fingerprint density at radius 3 is 1.25 bits per heavy atom. The first-order valence-corrected chi connectivity index (χ1v) is 9.24. The minimum absolute atomic E-state index is 0.575. The Hall–Kier alpha value is -1.76. The largest absolute Gasteiger partial charge is 0.461 e. The summed E-state index contributed by atoms with van der Waals surface area (Å²) in [6, 6.07) is 0. The van der Waals surface area contributed by atoms with Crippen LogP contribution in [0.5, 0.6) is 0 Å². The van der Waals surface area contributed by atoms with E-state index < -0.39 is 97.9 Å². The van der Waals surface area contributed by atoms with Gasteiger partial charge in [0.05, 0.1) is 6.61 Å². The molecule has 20 heteroatoms. The number of alkyl halides is 17. The average molecular weight is 576 g/mol. The molecule has 1 saturated heterocycles. The third-order valence-corrected chi connectivity index (χ3v) is 5.13. The highest BCUT2D eigenvalue weighted by atomic mass is 19.4. The van der Waals surface area contributed by atoms with Crippen LogP contribution in [0.3, 0.4) is 0 Å². The standard InChI is InChI=1S/C16H13F17O3/c17-8(18)5-3-1-2-4-6-36-7(34)9(19,35)11(22,23)13(26,27)15(30,31)16(32,33)14(28,29)12(24,25)10(8,20)21/h35H,1-6H2. The number of hydrogen-bond donors (Lipinski definition) is 1. The molecule has 1 N–H and O–H groups in total. The van der Waals surface area contributed by atoms with Crippen molar-refractivity contribution in [3.63, 3.8) is 0 Å². The molecule has 1 rings (SSSR count). The Kier molecular flexibility index (Phi) is 7.99. The van der Waals surface area contributed by atoms with Crippen molar-refractivity contribution in [3.05, 3.63) is 0 Å². The van der Waals surface area contributed by atoms with Crippen LogP contribution >= 0.6 is 0 Å². The van der Waals surface area contributed by atoms with Gasteiger partial charge in [-0.15, -0.1) is 0 Å². The Labute approximate surface area is 188 Å². The number of aliphatic hydroxyl groups is 1. The van der Waals surface area contributed by atoms with Crippen LogP contribution in [0.4, 0.5) is 74.6 Å². The smallest absolute Gasteiger partial charge is 0.385 e. The van der Waals surface area contributed by atoms with Crippen molar-refractivity contribution in [1.82, 2.24) is 0 Å². The Morgan fingerprint density at radius 1 is 0.500 bits per heavy atom. The van der Waals surface area contributed by atoms with Gasteiger partial charge in [-0.1, -0.05) is 12.8 Å². The van der Waals surface area contributed by atoms with Crippen molar-refractivity contribution in [2.24, 2.45) is 0 Å². The van der Waals surface area contributed by atoms with Crippen molar-refractivity contribution < 1.29 is 89.3 Å². The number of hydrogen-bond acceptors (Lipinski definition) is 3. The third kappa shape index (κ3) is 4.13. The molecule has 1 heterocycles. The Morgan fingerprint density at radius 2 is 0.833 bits per heavy atom. The summed E-state index contributed by atoms with van der Waals surface area (Å²) in [7, 11) is 0. The maximum Gasteiger partial charge on any atom is 0.385 e. The zero-order valence-electron chi connectivity index (χ0n) is 16.9. The zero-order valence-corrected chi connectivity index (χ0v) is 16.9. The number of rotatable bonds is 0. The summed E-state index contributed by atoms with van der Waals surface area (Å²) in [6.45, 7) is -1.36. The molecule has 1 aliphatic rings. The highest BCUT2D eigenvalue weighted by molar-refractivity contribution is 5.79. The average Bonchev–Trinajstić information content (AvgIpc) is 2.70. The second kappa shape index (κ2) is 8.92. The topological polar surface area (TPSA) is 46.5 Å². The normalized spacial score (nSPS) is 33.7. The fraction of sp³-hybridized carbons (Fsp3) is 0.938. The van der Waals surface area contributed by atoms with Crippen molar-refractivity contribution in [2.75, 3.05) is 6.61 Å². The van der Waals surface area contributed by atoms with Gasteiger partial charge in [0, 0.05) is 6.42 Å². The van der Waals surface area contributed by atoms with Crippen molar-refractivity contribution in [1.29, 1.82) is 0 Å². The van der Waals surface area contributed by atoms with Crippen molar-refractivity contribution in [3.8, 4) is 0 Å². The second-order valence-electron chi connectivity index (χ2n) is 7.65. The molecule has 36 heavy (non-hydrogen) atoms. The van der Waals surface area contributed by atoms with Gasteiger partial charge in [0.1, 0.15) is 0 Å². The summed E-state index contributed by atoms with van der Waals surface area (Å²) in [5.74, 6) is -75.2. The fourth-order valence-electron chi connectivity index (χ4n) is 2.77. The van der Waals surface area contributed by atoms with E-state index in [1.54, 1.807) is 0 Å². The van der Waals surface area contributed by atoms with E-state index >= 15 is 0 Å². The van der Waals surface area contributed by atoms with E-state index in [9.17, 15) is 79.4 Å². The maximum absolute atomic E-state index is 13.8. The van der Waals surface area contributed by atoms with Crippen LogP contribution in [0.2, 0.25) is 0 Å². The van der Waals surface area contributed by atoms with Crippen LogP contribution in [-0.2, 0) is 9.53 Å². The SMILES string of the molecule is O=C1OCCCCCCC(F)(F)C(F)(F)C(F)(F)C(F)(F)C(F)(F)C(F)(F)C(F)(F)C(F)(F)C1(O)F. The van der Waals surface area contributed by atoms with E-state index in [1.165, 1.54) is 0 Å². The number of halogens is 17. The van der Waals surface area contributed by atoms with Gasteiger partial charge in [0.2, 0.25) is 0 Å². The molecule has 1 unspecified atom stereocenters. The highest BCUT2D eigenvalue weighted by Crippen LogP contribution is 2.65. The summed E-state index contributed by atoms with van der Waals surface area (Å²) in [5.41, 5.74) is 0. The lowest BCUT2D eigenvalue weighted by Crippen LogP contribution is -2.76. The van der Waals surface area contributed by atoms with Crippen LogP contribution in [0.25, 0.3) is 0 Å². The van der Waals surface area contributed by atoms with Crippen molar-refractivity contribution >= 4 is 5.97 Å². The Bertz CT molecular complexity index is 821. The molecule has 1 aliphatic heterocycles. The molecule has 214 valence electrons. The lowest BCUT2D eigenvalue weighted by molar-refractivity contribution is -0.463. The summed E-state index contributed by atoms with van der Waals surface area (Å²) in [5, 5.41) is 8.74.